The number of fused-ring (bicyclic) bond motifs is 1. The van der Waals surface area contributed by atoms with Crippen molar-refractivity contribution in [2.75, 3.05) is 6.54 Å². The van der Waals surface area contributed by atoms with Gasteiger partial charge in [-0.2, -0.15) is 0 Å². The van der Waals surface area contributed by atoms with Gasteiger partial charge in [0, 0.05) is 13.0 Å². The van der Waals surface area contributed by atoms with Gasteiger partial charge in [-0.05, 0) is 36.8 Å². The molecule has 3 aromatic rings. The molecule has 4 N–H and O–H groups in total. The van der Waals surface area contributed by atoms with Gasteiger partial charge in [0.2, 0.25) is 15.9 Å². The molecule has 1 atom stereocenters. The Morgan fingerprint density at radius 3 is 2.61 bits per heavy atom. The number of aromatic nitrogens is 2. The number of carbonyl (C=O) groups excluding carboxylic acids is 1. The molecule has 3 rings (SSSR count). The SMILES string of the molecule is CC(NC(=O)CCNS(=O)(=O)c1ccccc1Cl)c1ccc2[nH]c(=O)[nH]c2c1. The lowest BCUT2D eigenvalue weighted by molar-refractivity contribution is -0.121. The Kier molecular flexibility index (Phi) is 5.87. The standard InChI is InChI=1S/C18H19ClN4O4S/c1-11(12-6-7-14-15(10-12)23-18(25)22-14)21-17(24)8-9-20-28(26,27)16-5-3-2-4-13(16)19/h2-7,10-11,20H,8-9H2,1H3,(H,21,24)(H2,22,23,25). The van der Waals surface area contributed by atoms with Crippen LogP contribution in [0, 0.1) is 0 Å². The van der Waals surface area contributed by atoms with Crippen molar-refractivity contribution in [3.63, 3.8) is 0 Å². The maximum atomic E-state index is 12.2. The molecule has 1 amide bonds. The Bertz CT molecular complexity index is 1170. The molecule has 1 unspecified atom stereocenters. The summed E-state index contributed by atoms with van der Waals surface area (Å²) >= 11 is 5.91. The summed E-state index contributed by atoms with van der Waals surface area (Å²) in [5.41, 5.74) is 1.85. The van der Waals surface area contributed by atoms with Gasteiger partial charge >= 0.3 is 5.69 Å². The number of carbonyl (C=O) groups is 1. The summed E-state index contributed by atoms with van der Waals surface area (Å²) in [5, 5.41) is 2.92. The van der Waals surface area contributed by atoms with E-state index in [0.717, 1.165) is 5.56 Å². The van der Waals surface area contributed by atoms with Gasteiger partial charge in [-0.1, -0.05) is 29.8 Å². The fourth-order valence-electron chi connectivity index (χ4n) is 2.76. The van der Waals surface area contributed by atoms with E-state index < -0.39 is 10.0 Å². The molecule has 0 fully saturated rings. The molecule has 0 radical (unpaired) electrons. The second kappa shape index (κ2) is 8.17. The Morgan fingerprint density at radius 1 is 1.14 bits per heavy atom. The first-order chi connectivity index (χ1) is 13.3. The first-order valence-electron chi connectivity index (χ1n) is 8.52. The molecule has 2 aromatic carbocycles. The maximum Gasteiger partial charge on any atom is 0.323 e. The van der Waals surface area contributed by atoms with Gasteiger partial charge in [0.15, 0.2) is 0 Å². The number of nitrogens with one attached hydrogen (secondary N) is 4. The number of hydrogen-bond donors (Lipinski definition) is 4. The predicted molar refractivity (Wildman–Crippen MR) is 107 cm³/mol. The van der Waals surface area contributed by atoms with E-state index in [4.69, 9.17) is 11.6 Å². The van der Waals surface area contributed by atoms with Crippen molar-refractivity contribution in [2.45, 2.75) is 24.3 Å². The predicted octanol–water partition coefficient (Wildman–Crippen LogP) is 2.06. The van der Waals surface area contributed by atoms with E-state index in [1.165, 1.54) is 12.1 Å². The van der Waals surface area contributed by atoms with Crippen LogP contribution in [0.4, 0.5) is 0 Å². The summed E-state index contributed by atoms with van der Waals surface area (Å²) in [5.74, 6) is -0.308. The van der Waals surface area contributed by atoms with E-state index in [1.807, 2.05) is 0 Å². The monoisotopic (exact) mass is 422 g/mol. The van der Waals surface area contributed by atoms with Crippen LogP contribution in [0.2, 0.25) is 5.02 Å². The third-order valence-electron chi connectivity index (χ3n) is 4.19. The maximum absolute atomic E-state index is 12.2. The van der Waals surface area contributed by atoms with Gasteiger partial charge in [0.25, 0.3) is 0 Å². The molecule has 0 aliphatic rings. The van der Waals surface area contributed by atoms with E-state index in [1.54, 1.807) is 37.3 Å². The average Bonchev–Trinajstić information content (AvgIpc) is 3.00. The van der Waals surface area contributed by atoms with Crippen LogP contribution in [0.5, 0.6) is 0 Å². The van der Waals surface area contributed by atoms with Gasteiger partial charge in [-0.25, -0.2) is 17.9 Å². The van der Waals surface area contributed by atoms with Crippen LogP contribution in [0.15, 0.2) is 52.2 Å². The van der Waals surface area contributed by atoms with Crippen molar-refractivity contribution in [1.29, 1.82) is 0 Å². The van der Waals surface area contributed by atoms with E-state index >= 15 is 0 Å². The number of benzene rings is 2. The third kappa shape index (κ3) is 4.61. The van der Waals surface area contributed by atoms with Crippen LogP contribution in [-0.4, -0.2) is 30.8 Å². The average molecular weight is 423 g/mol. The molecule has 0 spiro atoms. The fourth-order valence-corrected chi connectivity index (χ4v) is 4.31. The largest absolute Gasteiger partial charge is 0.350 e. The molecule has 0 saturated carbocycles. The van der Waals surface area contributed by atoms with E-state index in [-0.39, 0.29) is 40.5 Å². The lowest BCUT2D eigenvalue weighted by atomic mass is 10.1. The molecule has 10 heteroatoms. The summed E-state index contributed by atoms with van der Waals surface area (Å²) in [4.78, 5) is 28.8. The Hall–Kier alpha value is -2.62. The smallest absolute Gasteiger partial charge is 0.323 e. The molecular weight excluding hydrogens is 404 g/mol. The summed E-state index contributed by atoms with van der Waals surface area (Å²) in [6.45, 7) is 1.74. The van der Waals surface area contributed by atoms with Crippen LogP contribution in [-0.2, 0) is 14.8 Å². The molecule has 0 aliphatic heterocycles. The zero-order chi connectivity index (χ0) is 20.3. The molecule has 0 saturated heterocycles. The Labute approximate surface area is 166 Å². The van der Waals surface area contributed by atoms with Crippen LogP contribution in [0.1, 0.15) is 24.9 Å². The highest BCUT2D eigenvalue weighted by Gasteiger charge is 2.18. The first kappa shape index (κ1) is 20.1. The van der Waals surface area contributed by atoms with Gasteiger partial charge in [-0.3, -0.25) is 4.79 Å². The number of rotatable bonds is 7. The van der Waals surface area contributed by atoms with Gasteiger partial charge in [-0.15, -0.1) is 0 Å². The number of sulfonamides is 1. The lowest BCUT2D eigenvalue weighted by Crippen LogP contribution is -2.32. The van der Waals surface area contributed by atoms with Crippen molar-refractivity contribution in [3.05, 3.63) is 63.5 Å². The van der Waals surface area contributed by atoms with Crippen LogP contribution >= 0.6 is 11.6 Å². The number of hydrogen-bond acceptors (Lipinski definition) is 4. The van der Waals surface area contributed by atoms with E-state index in [9.17, 15) is 18.0 Å². The lowest BCUT2D eigenvalue weighted by Gasteiger charge is -2.15. The molecule has 148 valence electrons. The van der Waals surface area contributed by atoms with Crippen molar-refractivity contribution < 1.29 is 13.2 Å². The van der Waals surface area contributed by atoms with Crippen LogP contribution < -0.4 is 15.7 Å². The van der Waals surface area contributed by atoms with Gasteiger partial charge < -0.3 is 15.3 Å². The fraction of sp³-hybridized carbons (Fsp3) is 0.222. The highest BCUT2D eigenvalue weighted by Crippen LogP contribution is 2.20. The van der Waals surface area contributed by atoms with Gasteiger partial charge in [0.05, 0.1) is 22.1 Å². The highest BCUT2D eigenvalue weighted by atomic mass is 35.5. The Balaban J connectivity index is 1.56. The number of halogens is 1. The van der Waals surface area contributed by atoms with Crippen molar-refractivity contribution in [1.82, 2.24) is 20.0 Å². The van der Waals surface area contributed by atoms with Crippen LogP contribution in [0.25, 0.3) is 11.0 Å². The molecule has 0 aliphatic carbocycles. The van der Waals surface area contributed by atoms with Crippen molar-refractivity contribution in [3.8, 4) is 0 Å². The quantitative estimate of drug-likeness (QED) is 0.465. The summed E-state index contributed by atoms with van der Waals surface area (Å²) in [7, 11) is -3.79. The summed E-state index contributed by atoms with van der Waals surface area (Å²) < 4.78 is 26.9. The second-order valence-corrected chi connectivity index (χ2v) is 8.39. The number of imidazole rings is 1. The number of aromatic amines is 2. The summed E-state index contributed by atoms with van der Waals surface area (Å²) in [6, 6.07) is 11.1. The third-order valence-corrected chi connectivity index (χ3v) is 6.15. The van der Waals surface area contributed by atoms with Crippen LogP contribution in [0.3, 0.4) is 0 Å². The molecule has 1 aromatic heterocycles. The van der Waals surface area contributed by atoms with E-state index in [2.05, 4.69) is 20.0 Å². The normalized spacial score (nSPS) is 12.8. The topological polar surface area (TPSA) is 124 Å². The minimum atomic E-state index is -3.79. The number of H-pyrrole nitrogens is 2. The zero-order valence-corrected chi connectivity index (χ0v) is 16.5. The van der Waals surface area contributed by atoms with Crippen molar-refractivity contribution in [2.24, 2.45) is 0 Å². The highest BCUT2D eigenvalue weighted by molar-refractivity contribution is 7.89. The number of amides is 1. The minimum Gasteiger partial charge on any atom is -0.350 e. The molecule has 1 heterocycles. The molecule has 0 bridgehead atoms. The second-order valence-electron chi connectivity index (χ2n) is 6.25. The molecular formula is C18H19ClN4O4S. The van der Waals surface area contributed by atoms with E-state index in [0.29, 0.717) is 11.0 Å². The Morgan fingerprint density at radius 2 is 1.86 bits per heavy atom. The summed E-state index contributed by atoms with van der Waals surface area (Å²) in [6.07, 6.45) is -0.0305. The molecule has 28 heavy (non-hydrogen) atoms. The van der Waals surface area contributed by atoms with Crippen molar-refractivity contribution >= 4 is 38.6 Å². The zero-order valence-electron chi connectivity index (χ0n) is 15.0. The molecule has 8 nitrogen and oxygen atoms in total. The first-order valence-corrected chi connectivity index (χ1v) is 10.4. The minimum absolute atomic E-state index is 0.0285. The van der Waals surface area contributed by atoms with Gasteiger partial charge in [0.1, 0.15) is 4.90 Å².